The molecule has 0 fully saturated rings. The predicted octanol–water partition coefficient (Wildman–Crippen LogP) is 2.95. The van der Waals surface area contributed by atoms with Crippen LogP contribution in [0, 0.1) is 5.41 Å². The molecule has 0 N–H and O–H groups in total. The van der Waals surface area contributed by atoms with Crippen molar-refractivity contribution < 1.29 is 4.84 Å². The number of rotatable bonds is 1. The van der Waals surface area contributed by atoms with Gasteiger partial charge in [0.25, 0.3) is 0 Å². The van der Waals surface area contributed by atoms with Crippen LogP contribution < -0.4 is 0 Å². The first-order chi connectivity index (χ1) is 7.07. The molecule has 2 heterocycles. The van der Waals surface area contributed by atoms with Gasteiger partial charge in [-0.05, 0) is 12.1 Å². The van der Waals surface area contributed by atoms with Gasteiger partial charge in [0.1, 0.15) is 0 Å². The first-order valence-corrected chi connectivity index (χ1v) is 5.21. The number of hydrogen-bond donors (Lipinski definition) is 0. The van der Waals surface area contributed by atoms with Crippen LogP contribution >= 0.6 is 0 Å². The summed E-state index contributed by atoms with van der Waals surface area (Å²) < 4.78 is 0. The van der Waals surface area contributed by atoms with Crippen molar-refractivity contribution in [2.24, 2.45) is 10.6 Å². The summed E-state index contributed by atoms with van der Waals surface area (Å²) in [5.74, 6) is 0. The Morgan fingerprint density at radius 3 is 2.67 bits per heavy atom. The van der Waals surface area contributed by atoms with Crippen LogP contribution in [0.2, 0.25) is 0 Å². The molecule has 2 rings (SSSR count). The summed E-state index contributed by atoms with van der Waals surface area (Å²) in [6.45, 7) is 6.45. The summed E-state index contributed by atoms with van der Waals surface area (Å²) >= 11 is 0. The smallest absolute Gasteiger partial charge is 0.174 e. The van der Waals surface area contributed by atoms with E-state index in [1.165, 1.54) is 0 Å². The molecular formula is C12H16N2O. The molecule has 80 valence electrons. The van der Waals surface area contributed by atoms with E-state index in [-0.39, 0.29) is 11.5 Å². The van der Waals surface area contributed by atoms with Gasteiger partial charge in [-0.15, -0.1) is 0 Å². The Morgan fingerprint density at radius 2 is 2.13 bits per heavy atom. The zero-order chi connectivity index (χ0) is 10.9. The summed E-state index contributed by atoms with van der Waals surface area (Å²) in [7, 11) is 0. The van der Waals surface area contributed by atoms with E-state index >= 15 is 0 Å². The highest BCUT2D eigenvalue weighted by atomic mass is 16.6. The average molecular weight is 204 g/mol. The van der Waals surface area contributed by atoms with E-state index in [9.17, 15) is 0 Å². The zero-order valence-electron chi connectivity index (χ0n) is 9.40. The van der Waals surface area contributed by atoms with Crippen molar-refractivity contribution in [3.63, 3.8) is 0 Å². The van der Waals surface area contributed by atoms with Crippen molar-refractivity contribution >= 4 is 5.71 Å². The van der Waals surface area contributed by atoms with Crippen molar-refractivity contribution in [3.05, 3.63) is 30.1 Å². The Morgan fingerprint density at radius 1 is 1.33 bits per heavy atom. The topological polar surface area (TPSA) is 34.5 Å². The number of hydrogen-bond acceptors (Lipinski definition) is 3. The van der Waals surface area contributed by atoms with Gasteiger partial charge in [-0.3, -0.25) is 4.98 Å². The van der Waals surface area contributed by atoms with E-state index < -0.39 is 0 Å². The minimum absolute atomic E-state index is 0.000394. The van der Waals surface area contributed by atoms with Gasteiger partial charge in [-0.1, -0.05) is 32.0 Å². The summed E-state index contributed by atoms with van der Waals surface area (Å²) in [5, 5.41) is 4.14. The highest BCUT2D eigenvalue weighted by Gasteiger charge is 2.30. The molecule has 1 aromatic heterocycles. The van der Waals surface area contributed by atoms with Crippen molar-refractivity contribution in [3.8, 4) is 0 Å². The highest BCUT2D eigenvalue weighted by molar-refractivity contribution is 5.90. The van der Waals surface area contributed by atoms with Gasteiger partial charge in [0.2, 0.25) is 0 Å². The molecule has 0 aliphatic carbocycles. The number of oxime groups is 1. The number of nitrogens with zero attached hydrogens (tertiary/aromatic N) is 2. The molecular weight excluding hydrogens is 188 g/mol. The standard InChI is InChI=1S/C12H16N2O/c1-12(2,3)11-8-10(15-14-11)9-6-4-5-7-13-9/h4-7,10H,8H2,1-3H3. The Labute approximate surface area is 90.2 Å². The predicted molar refractivity (Wildman–Crippen MR) is 59.6 cm³/mol. The van der Waals surface area contributed by atoms with Gasteiger partial charge in [-0.25, -0.2) is 0 Å². The van der Waals surface area contributed by atoms with Gasteiger partial charge >= 0.3 is 0 Å². The average Bonchev–Trinajstić information content (AvgIpc) is 2.67. The summed E-state index contributed by atoms with van der Waals surface area (Å²) in [5.41, 5.74) is 2.16. The van der Waals surface area contributed by atoms with Crippen molar-refractivity contribution in [2.45, 2.75) is 33.3 Å². The fourth-order valence-electron chi connectivity index (χ4n) is 1.55. The zero-order valence-corrected chi connectivity index (χ0v) is 9.40. The van der Waals surface area contributed by atoms with Gasteiger partial charge in [0.05, 0.1) is 11.4 Å². The lowest BCUT2D eigenvalue weighted by Gasteiger charge is -2.16. The van der Waals surface area contributed by atoms with Crippen molar-refractivity contribution in [2.75, 3.05) is 0 Å². The fourth-order valence-corrected chi connectivity index (χ4v) is 1.55. The maximum atomic E-state index is 5.40. The normalized spacial score (nSPS) is 21.0. The van der Waals surface area contributed by atoms with Crippen LogP contribution in [0.5, 0.6) is 0 Å². The molecule has 0 amide bonds. The largest absolute Gasteiger partial charge is 0.386 e. The first kappa shape index (κ1) is 10.1. The van der Waals surface area contributed by atoms with Gasteiger partial charge in [0.15, 0.2) is 6.10 Å². The van der Waals surface area contributed by atoms with E-state index in [2.05, 4.69) is 30.9 Å². The molecule has 0 radical (unpaired) electrons. The third kappa shape index (κ3) is 2.17. The monoisotopic (exact) mass is 204 g/mol. The number of aromatic nitrogens is 1. The minimum atomic E-state index is 0.000394. The fraction of sp³-hybridized carbons (Fsp3) is 0.500. The van der Waals surface area contributed by atoms with Gasteiger partial charge in [0, 0.05) is 18.0 Å². The van der Waals surface area contributed by atoms with Crippen LogP contribution in [0.3, 0.4) is 0 Å². The quantitative estimate of drug-likeness (QED) is 0.704. The lowest BCUT2D eigenvalue weighted by atomic mass is 9.87. The van der Waals surface area contributed by atoms with E-state index in [0.29, 0.717) is 0 Å². The van der Waals surface area contributed by atoms with Crippen LogP contribution in [0.4, 0.5) is 0 Å². The molecule has 1 unspecified atom stereocenters. The van der Waals surface area contributed by atoms with Crippen molar-refractivity contribution in [1.82, 2.24) is 4.98 Å². The van der Waals surface area contributed by atoms with Crippen molar-refractivity contribution in [1.29, 1.82) is 0 Å². The Balaban J connectivity index is 2.09. The van der Waals surface area contributed by atoms with Crippen LogP contribution in [0.25, 0.3) is 0 Å². The third-order valence-corrected chi connectivity index (χ3v) is 2.55. The molecule has 0 bridgehead atoms. The summed E-state index contributed by atoms with van der Waals surface area (Å²) in [6, 6.07) is 5.86. The lowest BCUT2D eigenvalue weighted by molar-refractivity contribution is 0.0825. The Hall–Kier alpha value is -1.38. The molecule has 3 nitrogen and oxygen atoms in total. The molecule has 15 heavy (non-hydrogen) atoms. The van der Waals surface area contributed by atoms with Crippen LogP contribution in [0.1, 0.15) is 39.0 Å². The maximum Gasteiger partial charge on any atom is 0.174 e. The third-order valence-electron chi connectivity index (χ3n) is 2.55. The van der Waals surface area contributed by atoms with E-state index in [1.807, 2.05) is 18.2 Å². The van der Waals surface area contributed by atoms with Crippen LogP contribution in [-0.4, -0.2) is 10.7 Å². The molecule has 0 saturated heterocycles. The van der Waals surface area contributed by atoms with Crippen LogP contribution in [-0.2, 0) is 4.84 Å². The van der Waals surface area contributed by atoms with E-state index in [4.69, 9.17) is 4.84 Å². The van der Waals surface area contributed by atoms with Gasteiger partial charge < -0.3 is 4.84 Å². The molecule has 1 aliphatic rings. The molecule has 0 spiro atoms. The second-order valence-corrected chi connectivity index (χ2v) is 4.84. The molecule has 3 heteroatoms. The van der Waals surface area contributed by atoms with E-state index in [0.717, 1.165) is 17.8 Å². The Kier molecular flexibility index (Phi) is 2.47. The second-order valence-electron chi connectivity index (χ2n) is 4.84. The van der Waals surface area contributed by atoms with Gasteiger partial charge in [-0.2, -0.15) is 0 Å². The lowest BCUT2D eigenvalue weighted by Crippen LogP contribution is -2.18. The SMILES string of the molecule is CC(C)(C)C1=NOC(c2ccccn2)C1. The molecule has 1 aliphatic heterocycles. The molecule has 0 saturated carbocycles. The highest BCUT2D eigenvalue weighted by Crippen LogP contribution is 2.32. The Bertz CT molecular complexity index is 365. The molecule has 1 atom stereocenters. The van der Waals surface area contributed by atoms with E-state index in [1.54, 1.807) is 6.20 Å². The first-order valence-electron chi connectivity index (χ1n) is 5.21. The number of pyridine rings is 1. The molecule has 0 aromatic carbocycles. The van der Waals surface area contributed by atoms with Crippen LogP contribution in [0.15, 0.2) is 29.6 Å². The second kappa shape index (κ2) is 3.65. The minimum Gasteiger partial charge on any atom is -0.386 e. The maximum absolute atomic E-state index is 5.40. The summed E-state index contributed by atoms with van der Waals surface area (Å²) in [4.78, 5) is 9.68. The molecule has 1 aromatic rings. The summed E-state index contributed by atoms with van der Waals surface area (Å²) in [6.07, 6.45) is 2.63.